The van der Waals surface area contributed by atoms with Gasteiger partial charge in [-0.2, -0.15) is 5.26 Å². The summed E-state index contributed by atoms with van der Waals surface area (Å²) in [5.41, 5.74) is 5.61. The van der Waals surface area contributed by atoms with Crippen molar-refractivity contribution in [1.29, 1.82) is 5.26 Å². The molecule has 1 aromatic heterocycles. The molecule has 5 heteroatoms. The minimum atomic E-state index is -1.19. The van der Waals surface area contributed by atoms with Crippen molar-refractivity contribution >= 4 is 5.97 Å². The molecule has 1 rings (SSSR count). The predicted molar refractivity (Wildman–Crippen MR) is 43.5 cm³/mol. The zero-order valence-electron chi connectivity index (χ0n) is 6.64. The third-order valence-corrected chi connectivity index (χ3v) is 1.55. The predicted octanol–water partition coefficient (Wildman–Crippen LogP) is 0.0377. The van der Waals surface area contributed by atoms with Crippen molar-refractivity contribution in [3.63, 3.8) is 0 Å². The fourth-order valence-electron chi connectivity index (χ4n) is 0.895. The van der Waals surface area contributed by atoms with E-state index in [1.165, 1.54) is 12.3 Å². The van der Waals surface area contributed by atoms with Crippen molar-refractivity contribution in [2.75, 3.05) is 0 Å². The summed E-state index contributed by atoms with van der Waals surface area (Å²) in [5, 5.41) is 17.2. The molecule has 3 N–H and O–H groups in total. The molecule has 5 nitrogen and oxygen atoms in total. The molecule has 0 saturated heterocycles. The average molecular weight is 177 g/mol. The highest BCUT2D eigenvalue weighted by molar-refractivity contribution is 5.75. The third-order valence-electron chi connectivity index (χ3n) is 1.55. The molecular formula is C8H7N3O2. The second-order valence-electron chi connectivity index (χ2n) is 2.37. The molecule has 0 amide bonds. The van der Waals surface area contributed by atoms with Gasteiger partial charge >= 0.3 is 5.97 Å². The van der Waals surface area contributed by atoms with E-state index in [0.29, 0.717) is 0 Å². The number of carboxylic acid groups (broad SMARTS) is 1. The van der Waals surface area contributed by atoms with E-state index >= 15 is 0 Å². The third kappa shape index (κ3) is 1.80. The number of hydrogen-bond acceptors (Lipinski definition) is 4. The van der Waals surface area contributed by atoms with Gasteiger partial charge in [-0.05, 0) is 6.07 Å². The van der Waals surface area contributed by atoms with Crippen molar-refractivity contribution in [3.8, 4) is 6.07 Å². The highest BCUT2D eigenvalue weighted by Gasteiger charge is 2.17. The van der Waals surface area contributed by atoms with Crippen LogP contribution in [0.1, 0.15) is 17.3 Å². The first-order valence-corrected chi connectivity index (χ1v) is 3.50. The highest BCUT2D eigenvalue weighted by Crippen LogP contribution is 2.12. The molecule has 0 fully saturated rings. The van der Waals surface area contributed by atoms with Crippen molar-refractivity contribution in [3.05, 3.63) is 29.6 Å². The summed E-state index contributed by atoms with van der Waals surface area (Å²) >= 11 is 0. The van der Waals surface area contributed by atoms with Crippen LogP contribution in [0, 0.1) is 11.3 Å². The summed E-state index contributed by atoms with van der Waals surface area (Å²) in [4.78, 5) is 14.2. The van der Waals surface area contributed by atoms with Gasteiger partial charge in [0.2, 0.25) is 0 Å². The molecule has 66 valence electrons. The molecule has 0 aromatic carbocycles. The number of carbonyl (C=O) groups is 1. The second-order valence-corrected chi connectivity index (χ2v) is 2.37. The number of hydrogen-bond donors (Lipinski definition) is 2. The zero-order chi connectivity index (χ0) is 9.84. The van der Waals surface area contributed by atoms with Crippen LogP contribution in [0.15, 0.2) is 18.3 Å². The lowest BCUT2D eigenvalue weighted by molar-refractivity contribution is -0.138. The number of nitrogens with two attached hydrogens (primary N) is 1. The van der Waals surface area contributed by atoms with Crippen LogP contribution in [-0.2, 0) is 4.79 Å². The van der Waals surface area contributed by atoms with Crippen LogP contribution in [0.4, 0.5) is 0 Å². The minimum absolute atomic E-state index is 0.0531. The maximum atomic E-state index is 10.5. The van der Waals surface area contributed by atoms with Gasteiger partial charge in [0.05, 0.1) is 0 Å². The molecular weight excluding hydrogens is 170 g/mol. The van der Waals surface area contributed by atoms with Gasteiger partial charge in [-0.3, -0.25) is 4.79 Å². The average Bonchev–Trinajstić information content (AvgIpc) is 2.16. The van der Waals surface area contributed by atoms with Gasteiger partial charge in [0.25, 0.3) is 0 Å². The Labute approximate surface area is 74.4 Å². The Hall–Kier alpha value is -1.93. The number of nitrogens with zero attached hydrogens (tertiary/aromatic N) is 2. The Bertz CT molecular complexity index is 370. The van der Waals surface area contributed by atoms with Crippen molar-refractivity contribution in [2.24, 2.45) is 5.73 Å². The van der Waals surface area contributed by atoms with Crippen molar-refractivity contribution in [2.45, 2.75) is 6.04 Å². The summed E-state index contributed by atoms with van der Waals surface area (Å²) < 4.78 is 0. The fraction of sp³-hybridized carbons (Fsp3) is 0.125. The number of aliphatic carboxylic acids is 1. The maximum Gasteiger partial charge on any atom is 0.325 e. The standard InChI is InChI=1S/C8H7N3O2/c9-4-6-5(2-1-3-11-6)7(10)8(12)13/h1-3,7H,10H2,(H,12,13). The molecule has 1 atom stereocenters. The summed E-state index contributed by atoms with van der Waals surface area (Å²) in [7, 11) is 0. The molecule has 0 spiro atoms. The van der Waals surface area contributed by atoms with Crippen LogP contribution < -0.4 is 5.73 Å². The van der Waals surface area contributed by atoms with Crippen LogP contribution in [-0.4, -0.2) is 16.1 Å². The summed E-state index contributed by atoms with van der Waals surface area (Å²) in [6, 6.07) is 3.60. The summed E-state index contributed by atoms with van der Waals surface area (Å²) in [6.45, 7) is 0. The molecule has 0 bridgehead atoms. The molecule has 0 aliphatic heterocycles. The molecule has 0 aliphatic carbocycles. The highest BCUT2D eigenvalue weighted by atomic mass is 16.4. The number of nitriles is 1. The largest absolute Gasteiger partial charge is 0.480 e. The van der Waals surface area contributed by atoms with E-state index in [2.05, 4.69) is 4.98 Å². The molecule has 13 heavy (non-hydrogen) atoms. The van der Waals surface area contributed by atoms with Gasteiger partial charge in [-0.1, -0.05) is 6.07 Å². The van der Waals surface area contributed by atoms with E-state index in [0.717, 1.165) is 0 Å². The van der Waals surface area contributed by atoms with E-state index < -0.39 is 12.0 Å². The van der Waals surface area contributed by atoms with Gasteiger partial charge in [0, 0.05) is 11.8 Å². The Morgan fingerprint density at radius 2 is 2.46 bits per heavy atom. The lowest BCUT2D eigenvalue weighted by Gasteiger charge is -2.06. The van der Waals surface area contributed by atoms with Gasteiger partial charge < -0.3 is 10.8 Å². The lowest BCUT2D eigenvalue weighted by atomic mass is 10.1. The number of pyridine rings is 1. The van der Waals surface area contributed by atoms with Gasteiger partial charge in [0.15, 0.2) is 0 Å². The minimum Gasteiger partial charge on any atom is -0.480 e. The van der Waals surface area contributed by atoms with Crippen LogP contribution in [0.3, 0.4) is 0 Å². The Kier molecular flexibility index (Phi) is 2.57. The topological polar surface area (TPSA) is 100 Å². The van der Waals surface area contributed by atoms with Crippen LogP contribution in [0.25, 0.3) is 0 Å². The molecule has 0 radical (unpaired) electrons. The smallest absolute Gasteiger partial charge is 0.325 e. The Morgan fingerprint density at radius 3 is 3.00 bits per heavy atom. The molecule has 0 aliphatic rings. The van der Waals surface area contributed by atoms with E-state index in [9.17, 15) is 4.79 Å². The monoisotopic (exact) mass is 177 g/mol. The Balaban J connectivity index is 3.15. The van der Waals surface area contributed by atoms with E-state index in [4.69, 9.17) is 16.1 Å². The van der Waals surface area contributed by atoms with E-state index in [-0.39, 0.29) is 11.3 Å². The fourth-order valence-corrected chi connectivity index (χ4v) is 0.895. The maximum absolute atomic E-state index is 10.5. The van der Waals surface area contributed by atoms with Crippen LogP contribution in [0.2, 0.25) is 0 Å². The normalized spacial score (nSPS) is 11.7. The number of aromatic nitrogens is 1. The lowest BCUT2D eigenvalue weighted by Crippen LogP contribution is -2.21. The van der Waals surface area contributed by atoms with E-state index in [1.54, 1.807) is 12.1 Å². The SMILES string of the molecule is N#Cc1ncccc1C(N)C(=O)O. The molecule has 1 unspecified atom stereocenters. The van der Waals surface area contributed by atoms with Crippen LogP contribution in [0.5, 0.6) is 0 Å². The molecule has 1 heterocycles. The quantitative estimate of drug-likeness (QED) is 0.664. The first kappa shape index (κ1) is 9.16. The first-order chi connectivity index (χ1) is 6.16. The van der Waals surface area contributed by atoms with Crippen molar-refractivity contribution in [1.82, 2.24) is 4.98 Å². The van der Waals surface area contributed by atoms with E-state index in [1.807, 2.05) is 0 Å². The summed E-state index contributed by atoms with van der Waals surface area (Å²) in [5.74, 6) is -1.18. The second kappa shape index (κ2) is 3.65. The molecule has 1 aromatic rings. The molecule has 0 saturated carbocycles. The van der Waals surface area contributed by atoms with Gasteiger partial charge in [0.1, 0.15) is 17.8 Å². The first-order valence-electron chi connectivity index (χ1n) is 3.50. The summed E-state index contributed by atoms with van der Waals surface area (Å²) in [6.07, 6.45) is 1.41. The number of carboxylic acids is 1. The number of rotatable bonds is 2. The zero-order valence-corrected chi connectivity index (χ0v) is 6.64. The van der Waals surface area contributed by atoms with Gasteiger partial charge in [-0.15, -0.1) is 0 Å². The van der Waals surface area contributed by atoms with Gasteiger partial charge in [-0.25, -0.2) is 4.98 Å². The Morgan fingerprint density at radius 1 is 1.77 bits per heavy atom. The van der Waals surface area contributed by atoms with Crippen molar-refractivity contribution < 1.29 is 9.90 Å². The van der Waals surface area contributed by atoms with Crippen LogP contribution >= 0.6 is 0 Å².